The second-order valence-electron chi connectivity index (χ2n) is 3.46. The minimum Gasteiger partial charge on any atom is -0.315 e. The summed E-state index contributed by atoms with van der Waals surface area (Å²) in [6.45, 7) is 0.837. The highest BCUT2D eigenvalue weighted by Crippen LogP contribution is 2.31. The van der Waals surface area contributed by atoms with Gasteiger partial charge in [0.2, 0.25) is 0 Å². The van der Waals surface area contributed by atoms with E-state index in [9.17, 15) is 4.39 Å². The SMILES string of the molecule is CNCc1cc(-c2ccc(F)cc2Cl)cs1. The van der Waals surface area contributed by atoms with Crippen LogP contribution in [0.15, 0.2) is 29.6 Å². The third-order valence-electron chi connectivity index (χ3n) is 2.25. The first-order valence-corrected chi connectivity index (χ1v) is 6.14. The van der Waals surface area contributed by atoms with Crippen LogP contribution in [0.3, 0.4) is 0 Å². The Bertz CT molecular complexity index is 496. The fraction of sp³-hybridized carbons (Fsp3) is 0.167. The third kappa shape index (κ3) is 2.43. The first-order valence-electron chi connectivity index (χ1n) is 4.88. The van der Waals surface area contributed by atoms with E-state index in [1.807, 2.05) is 12.4 Å². The molecule has 0 atom stereocenters. The summed E-state index contributed by atoms with van der Waals surface area (Å²) in [7, 11) is 1.91. The van der Waals surface area contributed by atoms with Crippen molar-refractivity contribution in [1.82, 2.24) is 5.32 Å². The highest BCUT2D eigenvalue weighted by molar-refractivity contribution is 7.10. The summed E-state index contributed by atoms with van der Waals surface area (Å²) < 4.78 is 12.9. The molecule has 0 aliphatic rings. The van der Waals surface area contributed by atoms with Crippen LogP contribution in [0.4, 0.5) is 4.39 Å². The molecule has 0 radical (unpaired) electrons. The van der Waals surface area contributed by atoms with E-state index in [-0.39, 0.29) is 5.82 Å². The minimum absolute atomic E-state index is 0.306. The topological polar surface area (TPSA) is 12.0 Å². The molecule has 2 aromatic rings. The van der Waals surface area contributed by atoms with E-state index in [2.05, 4.69) is 11.4 Å². The zero-order valence-electron chi connectivity index (χ0n) is 8.76. The van der Waals surface area contributed by atoms with Crippen molar-refractivity contribution in [1.29, 1.82) is 0 Å². The molecule has 0 unspecified atom stereocenters. The Morgan fingerprint density at radius 3 is 2.88 bits per heavy atom. The Hall–Kier alpha value is -0.900. The van der Waals surface area contributed by atoms with Gasteiger partial charge < -0.3 is 5.32 Å². The van der Waals surface area contributed by atoms with Crippen LogP contribution in [0.5, 0.6) is 0 Å². The van der Waals surface area contributed by atoms with E-state index < -0.39 is 0 Å². The van der Waals surface area contributed by atoms with Gasteiger partial charge in [0, 0.05) is 17.0 Å². The number of benzene rings is 1. The van der Waals surface area contributed by atoms with Gasteiger partial charge in [-0.1, -0.05) is 11.6 Å². The molecule has 1 nitrogen and oxygen atoms in total. The van der Waals surface area contributed by atoms with E-state index in [1.54, 1.807) is 17.4 Å². The molecule has 0 fully saturated rings. The lowest BCUT2D eigenvalue weighted by Gasteiger charge is -2.01. The van der Waals surface area contributed by atoms with Crippen LogP contribution in [0.1, 0.15) is 4.88 Å². The maximum Gasteiger partial charge on any atom is 0.124 e. The van der Waals surface area contributed by atoms with Gasteiger partial charge in [-0.05, 0) is 42.3 Å². The lowest BCUT2D eigenvalue weighted by Crippen LogP contribution is -2.02. The molecule has 16 heavy (non-hydrogen) atoms. The predicted molar refractivity (Wildman–Crippen MR) is 67.5 cm³/mol. The molecule has 2 rings (SSSR count). The van der Waals surface area contributed by atoms with Crippen LogP contribution in [0.2, 0.25) is 5.02 Å². The summed E-state index contributed by atoms with van der Waals surface area (Å²) >= 11 is 7.67. The maximum absolute atomic E-state index is 12.9. The first-order chi connectivity index (χ1) is 7.70. The Morgan fingerprint density at radius 1 is 1.38 bits per heavy atom. The quantitative estimate of drug-likeness (QED) is 0.876. The number of halogens is 2. The summed E-state index contributed by atoms with van der Waals surface area (Å²) in [5, 5.41) is 5.58. The lowest BCUT2D eigenvalue weighted by molar-refractivity contribution is 0.628. The van der Waals surface area contributed by atoms with Crippen LogP contribution in [0, 0.1) is 5.82 Å². The average Bonchev–Trinajstić information content (AvgIpc) is 2.67. The van der Waals surface area contributed by atoms with Crippen LogP contribution < -0.4 is 5.32 Å². The molecular weight excluding hydrogens is 245 g/mol. The fourth-order valence-electron chi connectivity index (χ4n) is 1.51. The van der Waals surface area contributed by atoms with E-state index in [4.69, 9.17) is 11.6 Å². The van der Waals surface area contributed by atoms with Crippen molar-refractivity contribution >= 4 is 22.9 Å². The van der Waals surface area contributed by atoms with Crippen molar-refractivity contribution < 1.29 is 4.39 Å². The van der Waals surface area contributed by atoms with Crippen molar-refractivity contribution in [2.45, 2.75) is 6.54 Å². The smallest absolute Gasteiger partial charge is 0.124 e. The van der Waals surface area contributed by atoms with E-state index in [1.165, 1.54) is 17.0 Å². The molecular formula is C12H11ClFNS. The molecule has 1 N–H and O–H groups in total. The molecule has 0 spiro atoms. The molecule has 4 heteroatoms. The third-order valence-corrected chi connectivity index (χ3v) is 3.50. The predicted octanol–water partition coefficient (Wildman–Crippen LogP) is 3.93. The minimum atomic E-state index is -0.306. The van der Waals surface area contributed by atoms with Crippen molar-refractivity contribution in [2.75, 3.05) is 7.05 Å². The molecule has 0 saturated heterocycles. The van der Waals surface area contributed by atoms with Gasteiger partial charge >= 0.3 is 0 Å². The molecule has 0 amide bonds. The largest absolute Gasteiger partial charge is 0.315 e. The maximum atomic E-state index is 12.9. The van der Waals surface area contributed by atoms with Crippen LogP contribution in [-0.4, -0.2) is 7.05 Å². The van der Waals surface area contributed by atoms with Crippen molar-refractivity contribution in [2.24, 2.45) is 0 Å². The van der Waals surface area contributed by atoms with Gasteiger partial charge in [-0.2, -0.15) is 0 Å². The summed E-state index contributed by atoms with van der Waals surface area (Å²) in [6.07, 6.45) is 0. The van der Waals surface area contributed by atoms with Gasteiger partial charge in [0.05, 0.1) is 5.02 Å². The number of hydrogen-bond donors (Lipinski definition) is 1. The first kappa shape index (κ1) is 11.6. The fourth-order valence-corrected chi connectivity index (χ4v) is 2.68. The van der Waals surface area contributed by atoms with Crippen LogP contribution >= 0.6 is 22.9 Å². The van der Waals surface area contributed by atoms with Gasteiger partial charge in [-0.3, -0.25) is 0 Å². The molecule has 1 heterocycles. The molecule has 84 valence electrons. The van der Waals surface area contributed by atoms with E-state index >= 15 is 0 Å². The monoisotopic (exact) mass is 255 g/mol. The van der Waals surface area contributed by atoms with Crippen molar-refractivity contribution in [3.63, 3.8) is 0 Å². The average molecular weight is 256 g/mol. The number of thiophene rings is 1. The Kier molecular flexibility index (Phi) is 3.59. The van der Waals surface area contributed by atoms with Crippen LogP contribution in [0.25, 0.3) is 11.1 Å². The van der Waals surface area contributed by atoms with Gasteiger partial charge in [0.25, 0.3) is 0 Å². The molecule has 1 aromatic heterocycles. The van der Waals surface area contributed by atoms with Crippen molar-refractivity contribution in [3.8, 4) is 11.1 Å². The number of rotatable bonds is 3. The molecule has 0 bridgehead atoms. The van der Waals surface area contributed by atoms with Gasteiger partial charge in [0.1, 0.15) is 5.82 Å². The zero-order chi connectivity index (χ0) is 11.5. The molecule has 1 aromatic carbocycles. The van der Waals surface area contributed by atoms with E-state index in [0.717, 1.165) is 17.7 Å². The summed E-state index contributed by atoms with van der Waals surface area (Å²) in [4.78, 5) is 1.23. The van der Waals surface area contributed by atoms with Gasteiger partial charge in [-0.15, -0.1) is 11.3 Å². The Morgan fingerprint density at radius 2 is 2.19 bits per heavy atom. The Balaban J connectivity index is 2.35. The molecule has 0 aliphatic heterocycles. The van der Waals surface area contributed by atoms with Crippen LogP contribution in [-0.2, 0) is 6.54 Å². The highest BCUT2D eigenvalue weighted by Gasteiger charge is 2.07. The van der Waals surface area contributed by atoms with E-state index in [0.29, 0.717) is 5.02 Å². The number of nitrogens with one attached hydrogen (secondary N) is 1. The van der Waals surface area contributed by atoms with Gasteiger partial charge in [0.15, 0.2) is 0 Å². The summed E-state index contributed by atoms with van der Waals surface area (Å²) in [6, 6.07) is 6.55. The highest BCUT2D eigenvalue weighted by atomic mass is 35.5. The molecule has 0 saturated carbocycles. The Labute approximate surface area is 103 Å². The second-order valence-corrected chi connectivity index (χ2v) is 4.86. The number of hydrogen-bond acceptors (Lipinski definition) is 2. The van der Waals surface area contributed by atoms with Gasteiger partial charge in [-0.25, -0.2) is 4.39 Å². The van der Waals surface area contributed by atoms with Crippen molar-refractivity contribution in [3.05, 3.63) is 45.4 Å². The summed E-state index contributed by atoms with van der Waals surface area (Å²) in [5.74, 6) is -0.306. The lowest BCUT2D eigenvalue weighted by atomic mass is 10.1. The standard InChI is InChI=1S/C12H11ClFNS/c1-15-6-10-4-8(7-16-10)11-3-2-9(14)5-12(11)13/h2-5,7,15H,6H2,1H3. The zero-order valence-corrected chi connectivity index (χ0v) is 10.3. The normalized spacial score (nSPS) is 10.7. The summed E-state index contributed by atoms with van der Waals surface area (Å²) in [5.41, 5.74) is 1.92. The molecule has 0 aliphatic carbocycles. The second kappa shape index (κ2) is 4.95.